The van der Waals surface area contributed by atoms with Crippen LogP contribution in [0.3, 0.4) is 0 Å². The van der Waals surface area contributed by atoms with Crippen LogP contribution in [0, 0.1) is 17.8 Å². The van der Waals surface area contributed by atoms with Crippen molar-refractivity contribution in [2.45, 2.75) is 130 Å². The number of thioether (sulfide) groups is 1. The van der Waals surface area contributed by atoms with Gasteiger partial charge < -0.3 is 43.0 Å². The molecule has 1 heterocycles. The van der Waals surface area contributed by atoms with Crippen molar-refractivity contribution in [2.24, 2.45) is 23.5 Å². The van der Waals surface area contributed by atoms with E-state index in [1.54, 1.807) is 44.2 Å². The molecular formula is C39H60N8O9S. The molecule has 8 atom stereocenters. The van der Waals surface area contributed by atoms with Crippen LogP contribution in [0.15, 0.2) is 30.3 Å². The van der Waals surface area contributed by atoms with Crippen molar-refractivity contribution in [2.75, 3.05) is 5.75 Å². The molecule has 1 aliphatic heterocycles. The smallest absolute Gasteiger partial charge is 0.244 e. The van der Waals surface area contributed by atoms with E-state index in [1.807, 2.05) is 27.7 Å². The third kappa shape index (κ3) is 16.6. The zero-order chi connectivity index (χ0) is 43.0. The maximum absolute atomic E-state index is 14.0. The SMILES string of the molecule is CC[C@@H](C)[C@H](NC(C)=O)C(=O)N[C@H](CC(N)=O)C(=O)N[C@@H]1CSC(=O)[C@@H](Cc2ccccc2)NC(=O)[C@@H](CC(C)C)NC(=O)[C@@H](CC(C)C)NC(=O)[C@@H](C)NC1=O. The maximum atomic E-state index is 14.0. The van der Waals surface area contributed by atoms with Gasteiger partial charge in [-0.05, 0) is 43.1 Å². The molecule has 8 amide bonds. The number of benzene rings is 1. The number of rotatable bonds is 15. The molecule has 18 heteroatoms. The number of nitrogens with one attached hydrogen (secondary N) is 7. The fourth-order valence-corrected chi connectivity index (χ4v) is 6.89. The van der Waals surface area contributed by atoms with E-state index >= 15 is 0 Å². The van der Waals surface area contributed by atoms with Crippen LogP contribution < -0.4 is 43.0 Å². The molecule has 0 radical (unpaired) electrons. The highest BCUT2D eigenvalue weighted by Gasteiger charge is 2.36. The first-order valence-electron chi connectivity index (χ1n) is 19.3. The lowest BCUT2D eigenvalue weighted by Gasteiger charge is -2.29. The minimum absolute atomic E-state index is 0.0449. The molecule has 1 aromatic rings. The number of hydrogen-bond donors (Lipinski definition) is 8. The van der Waals surface area contributed by atoms with Gasteiger partial charge in [-0.1, -0.05) is 90.1 Å². The quantitative estimate of drug-likeness (QED) is 0.117. The van der Waals surface area contributed by atoms with Crippen LogP contribution in [0.1, 0.15) is 86.6 Å². The predicted octanol–water partition coefficient (Wildman–Crippen LogP) is -0.0504. The van der Waals surface area contributed by atoms with Crippen molar-refractivity contribution < 1.29 is 43.2 Å². The van der Waals surface area contributed by atoms with Gasteiger partial charge in [-0.2, -0.15) is 0 Å². The van der Waals surface area contributed by atoms with E-state index in [9.17, 15) is 43.2 Å². The van der Waals surface area contributed by atoms with Crippen LogP contribution in [-0.2, 0) is 49.6 Å². The highest BCUT2D eigenvalue weighted by atomic mass is 32.2. The molecule has 1 fully saturated rings. The topological polar surface area (TPSA) is 264 Å². The average molecular weight is 817 g/mol. The second kappa shape index (κ2) is 23.3. The first kappa shape index (κ1) is 48.1. The number of carbonyl (C=O) groups is 9. The summed E-state index contributed by atoms with van der Waals surface area (Å²) >= 11 is 0.635. The minimum atomic E-state index is -1.59. The molecule has 0 aromatic heterocycles. The Hall–Kier alpha value is -5.00. The Labute approximate surface area is 338 Å². The molecule has 1 aromatic carbocycles. The second-order valence-corrected chi connectivity index (χ2v) is 16.4. The lowest BCUT2D eigenvalue weighted by atomic mass is 9.97. The Bertz CT molecular complexity index is 1610. The monoisotopic (exact) mass is 816 g/mol. The summed E-state index contributed by atoms with van der Waals surface area (Å²) in [5, 5.41) is 17.7. The fraction of sp³-hybridized carbons (Fsp3) is 0.615. The second-order valence-electron chi connectivity index (χ2n) is 15.3. The third-order valence-corrected chi connectivity index (χ3v) is 10.3. The molecule has 2 rings (SSSR count). The van der Waals surface area contributed by atoms with Gasteiger partial charge in [-0.3, -0.25) is 43.2 Å². The van der Waals surface area contributed by atoms with Gasteiger partial charge in [0.05, 0.1) is 6.42 Å². The first-order valence-corrected chi connectivity index (χ1v) is 20.3. The summed E-state index contributed by atoms with van der Waals surface area (Å²) in [4.78, 5) is 120. The number of nitrogens with two attached hydrogens (primary N) is 1. The number of amides is 8. The van der Waals surface area contributed by atoms with Gasteiger partial charge >= 0.3 is 0 Å². The van der Waals surface area contributed by atoms with Gasteiger partial charge in [-0.15, -0.1) is 0 Å². The first-order chi connectivity index (χ1) is 26.7. The molecule has 0 spiro atoms. The summed E-state index contributed by atoms with van der Waals surface area (Å²) in [6.07, 6.45) is 0.298. The number of carbonyl (C=O) groups excluding carboxylic acids is 9. The van der Waals surface area contributed by atoms with E-state index in [-0.39, 0.29) is 37.0 Å². The predicted molar refractivity (Wildman–Crippen MR) is 215 cm³/mol. The van der Waals surface area contributed by atoms with Crippen molar-refractivity contribution >= 4 is 64.1 Å². The van der Waals surface area contributed by atoms with Gasteiger partial charge in [0, 0.05) is 19.1 Å². The van der Waals surface area contributed by atoms with Gasteiger partial charge in [-0.25, -0.2) is 0 Å². The average Bonchev–Trinajstić information content (AvgIpc) is 3.12. The van der Waals surface area contributed by atoms with E-state index in [4.69, 9.17) is 5.73 Å². The van der Waals surface area contributed by atoms with Crippen LogP contribution in [-0.4, -0.2) is 100 Å². The summed E-state index contributed by atoms with van der Waals surface area (Å²) in [7, 11) is 0. The van der Waals surface area contributed by atoms with E-state index in [2.05, 4.69) is 37.2 Å². The van der Waals surface area contributed by atoms with Gasteiger partial charge in [0.2, 0.25) is 52.4 Å². The van der Waals surface area contributed by atoms with Crippen LogP contribution in [0.25, 0.3) is 0 Å². The number of hydrogen-bond acceptors (Lipinski definition) is 10. The Morgan fingerprint density at radius 3 is 1.82 bits per heavy atom. The third-order valence-electron chi connectivity index (χ3n) is 9.23. The van der Waals surface area contributed by atoms with Crippen molar-refractivity contribution in [3.8, 4) is 0 Å². The molecule has 0 aliphatic carbocycles. The molecule has 0 saturated carbocycles. The van der Waals surface area contributed by atoms with E-state index < -0.39 is 107 Å². The highest BCUT2D eigenvalue weighted by Crippen LogP contribution is 2.16. The summed E-state index contributed by atoms with van der Waals surface area (Å²) in [6.45, 7) is 13.6. The zero-order valence-corrected chi connectivity index (χ0v) is 34.9. The minimum Gasteiger partial charge on any atom is -0.370 e. The van der Waals surface area contributed by atoms with Crippen LogP contribution >= 0.6 is 11.8 Å². The summed E-state index contributed by atoms with van der Waals surface area (Å²) in [6, 6.07) is 0.181. The normalized spacial score (nSPS) is 22.9. The highest BCUT2D eigenvalue weighted by molar-refractivity contribution is 8.13. The standard InChI is InChI=1S/C39H60N8O9S/c1-9-22(6)32(42-24(8)48)38(55)45-28(18-31(40)49)36(53)47-30-19-57-39(56)29(17-25-13-11-10-12-14-25)46-35(52)27(16-21(4)5)44-34(51)26(15-20(2)3)43-33(50)23(7)41-37(30)54/h10-14,20-23,26-30,32H,9,15-19H2,1-8H3,(H2,40,49)(H,41,54)(H,42,48)(H,43,50)(H,44,51)(H,45,55)(H,46,52)(H,47,53)/t22-,23-,26-,27-,28-,29-,30-,32+/m1/s1. The zero-order valence-electron chi connectivity index (χ0n) is 34.1. The Morgan fingerprint density at radius 1 is 0.772 bits per heavy atom. The Kier molecular flexibility index (Phi) is 19.7. The lowest BCUT2D eigenvalue weighted by Crippen LogP contribution is -2.61. The largest absolute Gasteiger partial charge is 0.370 e. The van der Waals surface area contributed by atoms with Crippen molar-refractivity contribution in [1.29, 1.82) is 0 Å². The number of primary amides is 1. The van der Waals surface area contributed by atoms with Gasteiger partial charge in [0.25, 0.3) is 0 Å². The van der Waals surface area contributed by atoms with E-state index in [0.717, 1.165) is 0 Å². The molecule has 57 heavy (non-hydrogen) atoms. The fourth-order valence-electron chi connectivity index (χ4n) is 5.98. The molecular weight excluding hydrogens is 757 g/mol. The van der Waals surface area contributed by atoms with Crippen LogP contribution in [0.2, 0.25) is 0 Å². The molecule has 1 saturated heterocycles. The molecule has 17 nitrogen and oxygen atoms in total. The summed E-state index contributed by atoms with van der Waals surface area (Å²) in [5.74, 6) is -6.97. The summed E-state index contributed by atoms with van der Waals surface area (Å²) < 4.78 is 0. The molecule has 0 bridgehead atoms. The van der Waals surface area contributed by atoms with Crippen LogP contribution in [0.4, 0.5) is 0 Å². The Morgan fingerprint density at radius 2 is 1.32 bits per heavy atom. The van der Waals surface area contributed by atoms with Gasteiger partial charge in [0.15, 0.2) is 0 Å². The summed E-state index contributed by atoms with van der Waals surface area (Å²) in [5.41, 5.74) is 6.15. The van der Waals surface area contributed by atoms with Crippen LogP contribution in [0.5, 0.6) is 0 Å². The molecule has 9 N–H and O–H groups in total. The van der Waals surface area contributed by atoms with Gasteiger partial charge in [0.1, 0.15) is 42.3 Å². The lowest BCUT2D eigenvalue weighted by molar-refractivity contribution is -0.136. The van der Waals surface area contributed by atoms with Crippen molar-refractivity contribution in [3.63, 3.8) is 0 Å². The van der Waals surface area contributed by atoms with E-state index in [0.29, 0.717) is 23.7 Å². The maximum Gasteiger partial charge on any atom is 0.244 e. The molecule has 0 unspecified atom stereocenters. The molecule has 1 aliphatic rings. The van der Waals surface area contributed by atoms with Crippen molar-refractivity contribution in [1.82, 2.24) is 37.2 Å². The van der Waals surface area contributed by atoms with Crippen molar-refractivity contribution in [3.05, 3.63) is 35.9 Å². The Balaban J connectivity index is 2.58. The van der Waals surface area contributed by atoms with E-state index in [1.165, 1.54) is 13.8 Å². The molecule has 316 valence electrons.